The topological polar surface area (TPSA) is 20.2 Å². The molecule has 0 aliphatic rings. The lowest BCUT2D eigenvalue weighted by molar-refractivity contribution is 0.152. The van der Waals surface area contributed by atoms with Crippen LogP contribution in [0.1, 0.15) is 36.0 Å². The summed E-state index contributed by atoms with van der Waals surface area (Å²) in [5.74, 6) is 0.0670. The van der Waals surface area contributed by atoms with Gasteiger partial charge in [0.1, 0.15) is 0 Å². The fraction of sp³-hybridized carbons (Fsp3) is 0.294. The van der Waals surface area contributed by atoms with Crippen molar-refractivity contribution in [3.63, 3.8) is 0 Å². The molecule has 0 spiro atoms. The SMILES string of the molecule is CCC(O)C(c1ccccc1)c1ccccc1C. The summed E-state index contributed by atoms with van der Waals surface area (Å²) in [5, 5.41) is 10.3. The normalized spacial score (nSPS) is 14.2. The van der Waals surface area contributed by atoms with Gasteiger partial charge in [0.15, 0.2) is 0 Å². The average molecular weight is 240 g/mol. The van der Waals surface area contributed by atoms with Crippen LogP contribution in [0.25, 0.3) is 0 Å². The number of rotatable bonds is 4. The second kappa shape index (κ2) is 5.83. The smallest absolute Gasteiger partial charge is 0.0646 e. The Hall–Kier alpha value is -1.60. The number of aliphatic hydroxyl groups is 1. The molecule has 0 heterocycles. The molecule has 18 heavy (non-hydrogen) atoms. The fourth-order valence-corrected chi connectivity index (χ4v) is 2.44. The maximum Gasteiger partial charge on any atom is 0.0646 e. The van der Waals surface area contributed by atoms with Gasteiger partial charge in [0.2, 0.25) is 0 Å². The van der Waals surface area contributed by atoms with Crippen LogP contribution in [-0.4, -0.2) is 11.2 Å². The Bertz CT molecular complexity index is 490. The Balaban J connectivity index is 2.47. The Kier molecular flexibility index (Phi) is 4.16. The second-order valence-electron chi connectivity index (χ2n) is 4.72. The largest absolute Gasteiger partial charge is 0.392 e. The number of aliphatic hydroxyl groups excluding tert-OH is 1. The van der Waals surface area contributed by atoms with Crippen molar-refractivity contribution < 1.29 is 5.11 Å². The number of hydrogen-bond acceptors (Lipinski definition) is 1. The van der Waals surface area contributed by atoms with Crippen molar-refractivity contribution in [1.29, 1.82) is 0 Å². The summed E-state index contributed by atoms with van der Waals surface area (Å²) in [4.78, 5) is 0. The monoisotopic (exact) mass is 240 g/mol. The van der Waals surface area contributed by atoms with E-state index in [1.165, 1.54) is 16.7 Å². The first kappa shape index (κ1) is 12.8. The third-order valence-electron chi connectivity index (χ3n) is 3.49. The second-order valence-corrected chi connectivity index (χ2v) is 4.72. The summed E-state index contributed by atoms with van der Waals surface area (Å²) in [5.41, 5.74) is 3.64. The molecule has 94 valence electrons. The molecule has 2 aromatic rings. The molecule has 2 rings (SSSR count). The lowest BCUT2D eigenvalue weighted by Gasteiger charge is -2.24. The Labute approximate surface area is 109 Å². The Morgan fingerprint density at radius 1 is 0.944 bits per heavy atom. The molecule has 2 aromatic carbocycles. The van der Waals surface area contributed by atoms with Gasteiger partial charge in [-0.3, -0.25) is 0 Å². The van der Waals surface area contributed by atoms with E-state index in [0.29, 0.717) is 0 Å². The van der Waals surface area contributed by atoms with Crippen LogP contribution in [0.5, 0.6) is 0 Å². The summed E-state index contributed by atoms with van der Waals surface area (Å²) in [7, 11) is 0. The van der Waals surface area contributed by atoms with Crippen molar-refractivity contribution in [2.24, 2.45) is 0 Å². The Morgan fingerprint density at radius 2 is 1.56 bits per heavy atom. The number of benzene rings is 2. The van der Waals surface area contributed by atoms with E-state index >= 15 is 0 Å². The zero-order valence-corrected chi connectivity index (χ0v) is 11.0. The van der Waals surface area contributed by atoms with Crippen LogP contribution >= 0.6 is 0 Å². The molecule has 0 bridgehead atoms. The van der Waals surface area contributed by atoms with Gasteiger partial charge < -0.3 is 5.11 Å². The molecule has 1 nitrogen and oxygen atoms in total. The van der Waals surface area contributed by atoms with Crippen LogP contribution in [0.15, 0.2) is 54.6 Å². The first-order chi connectivity index (χ1) is 8.74. The average Bonchev–Trinajstić information content (AvgIpc) is 2.42. The zero-order chi connectivity index (χ0) is 13.0. The lowest BCUT2D eigenvalue weighted by Crippen LogP contribution is -2.19. The molecular weight excluding hydrogens is 220 g/mol. The maximum absolute atomic E-state index is 10.3. The molecular formula is C17H20O. The van der Waals surface area contributed by atoms with Crippen LogP contribution in [-0.2, 0) is 0 Å². The molecule has 0 saturated carbocycles. The standard InChI is InChI=1S/C17H20O/c1-3-16(18)17(14-10-5-4-6-11-14)15-12-8-7-9-13(15)2/h4-12,16-18H,3H2,1-2H3. The Morgan fingerprint density at radius 3 is 2.17 bits per heavy atom. The molecule has 0 saturated heterocycles. The summed E-state index contributed by atoms with van der Waals surface area (Å²) >= 11 is 0. The van der Waals surface area contributed by atoms with E-state index in [1.807, 2.05) is 37.3 Å². The summed E-state index contributed by atoms with van der Waals surface area (Å²) < 4.78 is 0. The highest BCUT2D eigenvalue weighted by Crippen LogP contribution is 2.31. The molecule has 0 aliphatic heterocycles. The number of aryl methyl sites for hydroxylation is 1. The van der Waals surface area contributed by atoms with E-state index < -0.39 is 0 Å². The minimum atomic E-state index is -0.339. The predicted octanol–water partition coefficient (Wildman–Crippen LogP) is 3.90. The molecule has 2 unspecified atom stereocenters. The van der Waals surface area contributed by atoms with Crippen molar-refractivity contribution in [3.8, 4) is 0 Å². The van der Waals surface area contributed by atoms with Gasteiger partial charge in [-0.25, -0.2) is 0 Å². The van der Waals surface area contributed by atoms with Gasteiger partial charge in [0.05, 0.1) is 6.10 Å². The summed E-state index contributed by atoms with van der Waals surface area (Å²) in [6.07, 6.45) is 0.418. The van der Waals surface area contributed by atoms with Crippen molar-refractivity contribution >= 4 is 0 Å². The fourth-order valence-electron chi connectivity index (χ4n) is 2.44. The molecule has 0 fully saturated rings. The van der Waals surface area contributed by atoms with Crippen molar-refractivity contribution in [2.45, 2.75) is 32.3 Å². The molecule has 1 N–H and O–H groups in total. The minimum Gasteiger partial charge on any atom is -0.392 e. The summed E-state index contributed by atoms with van der Waals surface area (Å²) in [6.45, 7) is 4.13. The van der Waals surface area contributed by atoms with Crippen molar-refractivity contribution in [1.82, 2.24) is 0 Å². The summed E-state index contributed by atoms with van der Waals surface area (Å²) in [6, 6.07) is 18.6. The third-order valence-corrected chi connectivity index (χ3v) is 3.49. The predicted molar refractivity (Wildman–Crippen MR) is 75.8 cm³/mol. The van der Waals surface area contributed by atoms with Gasteiger partial charge in [0, 0.05) is 5.92 Å². The van der Waals surface area contributed by atoms with Gasteiger partial charge in [0.25, 0.3) is 0 Å². The first-order valence-electron chi connectivity index (χ1n) is 6.52. The zero-order valence-electron chi connectivity index (χ0n) is 11.0. The van der Waals surface area contributed by atoms with E-state index in [1.54, 1.807) is 0 Å². The molecule has 1 heteroatoms. The van der Waals surface area contributed by atoms with Crippen molar-refractivity contribution in [3.05, 3.63) is 71.3 Å². The van der Waals surface area contributed by atoms with Crippen LogP contribution in [0.3, 0.4) is 0 Å². The van der Waals surface area contributed by atoms with Gasteiger partial charge in [-0.2, -0.15) is 0 Å². The number of hydrogen-bond donors (Lipinski definition) is 1. The van der Waals surface area contributed by atoms with E-state index in [-0.39, 0.29) is 12.0 Å². The van der Waals surface area contributed by atoms with E-state index in [9.17, 15) is 5.11 Å². The van der Waals surface area contributed by atoms with Crippen LogP contribution in [0.2, 0.25) is 0 Å². The van der Waals surface area contributed by atoms with Gasteiger partial charge >= 0.3 is 0 Å². The van der Waals surface area contributed by atoms with Crippen LogP contribution in [0, 0.1) is 6.92 Å². The van der Waals surface area contributed by atoms with Crippen molar-refractivity contribution in [2.75, 3.05) is 0 Å². The lowest BCUT2D eigenvalue weighted by atomic mass is 9.83. The van der Waals surface area contributed by atoms with Crippen LogP contribution in [0.4, 0.5) is 0 Å². The third kappa shape index (κ3) is 2.62. The highest BCUT2D eigenvalue weighted by atomic mass is 16.3. The minimum absolute atomic E-state index is 0.0670. The van der Waals surface area contributed by atoms with Gasteiger partial charge in [-0.15, -0.1) is 0 Å². The van der Waals surface area contributed by atoms with E-state index in [0.717, 1.165) is 6.42 Å². The quantitative estimate of drug-likeness (QED) is 0.859. The first-order valence-corrected chi connectivity index (χ1v) is 6.52. The maximum atomic E-state index is 10.3. The molecule has 2 atom stereocenters. The van der Waals surface area contributed by atoms with Gasteiger partial charge in [-0.1, -0.05) is 61.5 Å². The molecule has 0 aromatic heterocycles. The highest BCUT2D eigenvalue weighted by molar-refractivity contribution is 5.38. The van der Waals surface area contributed by atoms with Crippen LogP contribution < -0.4 is 0 Å². The van der Waals surface area contributed by atoms with E-state index in [2.05, 4.69) is 31.2 Å². The van der Waals surface area contributed by atoms with E-state index in [4.69, 9.17) is 0 Å². The molecule has 0 amide bonds. The van der Waals surface area contributed by atoms with Gasteiger partial charge in [-0.05, 0) is 30.0 Å². The highest BCUT2D eigenvalue weighted by Gasteiger charge is 2.22. The molecule has 0 radical (unpaired) electrons. The molecule has 0 aliphatic carbocycles.